The second-order valence-electron chi connectivity index (χ2n) is 5.15. The zero-order valence-corrected chi connectivity index (χ0v) is 12.1. The number of hydrogen-bond donors (Lipinski definition) is 0. The Morgan fingerprint density at radius 1 is 0.905 bits per heavy atom. The van der Waals surface area contributed by atoms with Crippen molar-refractivity contribution in [2.24, 2.45) is 0 Å². The van der Waals surface area contributed by atoms with Gasteiger partial charge in [0.2, 0.25) is 0 Å². The third kappa shape index (κ3) is 2.38. The summed E-state index contributed by atoms with van der Waals surface area (Å²) in [5.74, 6) is 0.889. The number of benzene rings is 3. The van der Waals surface area contributed by atoms with Crippen molar-refractivity contribution in [3.8, 4) is 5.75 Å². The molecule has 3 rings (SSSR count). The van der Waals surface area contributed by atoms with Crippen LogP contribution in [0, 0.1) is 0 Å². The fourth-order valence-electron chi connectivity index (χ4n) is 2.72. The van der Waals surface area contributed by atoms with Crippen LogP contribution in [-0.2, 0) is 0 Å². The molecule has 0 fully saturated rings. The summed E-state index contributed by atoms with van der Waals surface area (Å²) in [4.78, 5) is 11.6. The molecular weight excluding hydrogens is 260 g/mol. The molecule has 106 valence electrons. The van der Waals surface area contributed by atoms with Gasteiger partial charge >= 0.3 is 0 Å². The first-order chi connectivity index (χ1) is 10.4. The van der Waals surface area contributed by atoms with Crippen molar-refractivity contribution < 1.29 is 9.53 Å². The van der Waals surface area contributed by atoms with Gasteiger partial charge in [0, 0.05) is 16.3 Å². The fraction of sp³-hybridized carbons (Fsp3) is 0.211. The normalized spacial score (nSPS) is 10.9. The lowest BCUT2D eigenvalue weighted by molar-refractivity contribution is 0.112. The van der Waals surface area contributed by atoms with E-state index in [1.807, 2.05) is 48.5 Å². The van der Waals surface area contributed by atoms with E-state index in [1.54, 1.807) is 0 Å². The Labute approximate surface area is 124 Å². The van der Waals surface area contributed by atoms with Gasteiger partial charge in [-0.15, -0.1) is 0 Å². The quantitative estimate of drug-likeness (QED) is 0.373. The van der Waals surface area contributed by atoms with Crippen LogP contribution in [0.5, 0.6) is 5.75 Å². The average molecular weight is 278 g/mol. The van der Waals surface area contributed by atoms with E-state index >= 15 is 0 Å². The van der Waals surface area contributed by atoms with E-state index in [2.05, 4.69) is 6.92 Å². The number of aldehydes is 1. The minimum Gasteiger partial charge on any atom is -0.492 e. The Morgan fingerprint density at radius 2 is 1.43 bits per heavy atom. The molecule has 0 spiro atoms. The van der Waals surface area contributed by atoms with Gasteiger partial charge in [-0.2, -0.15) is 0 Å². The highest BCUT2D eigenvalue weighted by atomic mass is 16.5. The Hall–Kier alpha value is -2.35. The van der Waals surface area contributed by atoms with Gasteiger partial charge in [0.05, 0.1) is 6.61 Å². The number of fused-ring (bicyclic) bond motifs is 2. The molecule has 0 saturated carbocycles. The van der Waals surface area contributed by atoms with E-state index in [-0.39, 0.29) is 0 Å². The summed E-state index contributed by atoms with van der Waals surface area (Å²) in [5.41, 5.74) is 0.740. The Balaban J connectivity index is 2.33. The Bertz CT molecular complexity index is 733. The minimum atomic E-state index is 0.699. The number of carbonyl (C=O) groups is 1. The zero-order chi connectivity index (χ0) is 14.7. The molecule has 0 radical (unpaired) electrons. The van der Waals surface area contributed by atoms with E-state index in [1.165, 1.54) is 0 Å². The summed E-state index contributed by atoms with van der Waals surface area (Å²) < 4.78 is 6.06. The molecular formula is C19H18O2. The first kappa shape index (κ1) is 13.6. The van der Waals surface area contributed by atoms with Crippen molar-refractivity contribution in [1.82, 2.24) is 0 Å². The first-order valence-electron chi connectivity index (χ1n) is 7.38. The minimum absolute atomic E-state index is 0.699. The molecule has 21 heavy (non-hydrogen) atoms. The third-order valence-electron chi connectivity index (χ3n) is 3.79. The van der Waals surface area contributed by atoms with Crippen LogP contribution in [0.2, 0.25) is 0 Å². The standard InChI is InChI=1S/C19H18O2/c1-2-3-12-21-19-16-10-6-4-8-14(16)18(13-20)15-9-5-7-11-17(15)19/h4-11,13H,2-3,12H2,1H3. The van der Waals surface area contributed by atoms with Crippen molar-refractivity contribution in [1.29, 1.82) is 0 Å². The number of rotatable bonds is 5. The number of unbranched alkanes of at least 4 members (excludes halogenated alkanes) is 1. The molecule has 0 amide bonds. The summed E-state index contributed by atoms with van der Waals surface area (Å²) in [6.07, 6.45) is 3.07. The van der Waals surface area contributed by atoms with Crippen molar-refractivity contribution in [3.63, 3.8) is 0 Å². The predicted molar refractivity (Wildman–Crippen MR) is 87.2 cm³/mol. The topological polar surface area (TPSA) is 26.3 Å². The molecule has 0 atom stereocenters. The SMILES string of the molecule is CCCCOc1c2ccccc2c(C=O)c2ccccc12. The van der Waals surface area contributed by atoms with Gasteiger partial charge in [-0.05, 0) is 17.2 Å². The van der Waals surface area contributed by atoms with Crippen LogP contribution in [0.25, 0.3) is 21.5 Å². The second-order valence-corrected chi connectivity index (χ2v) is 5.15. The lowest BCUT2D eigenvalue weighted by atomic mass is 9.96. The van der Waals surface area contributed by atoms with E-state index in [0.29, 0.717) is 6.61 Å². The molecule has 0 aliphatic rings. The summed E-state index contributed by atoms with van der Waals surface area (Å²) in [5, 5.41) is 3.93. The van der Waals surface area contributed by atoms with Gasteiger partial charge in [-0.3, -0.25) is 4.79 Å². The highest BCUT2D eigenvalue weighted by molar-refractivity contribution is 6.16. The largest absolute Gasteiger partial charge is 0.492 e. The van der Waals surface area contributed by atoms with Crippen LogP contribution < -0.4 is 4.74 Å². The molecule has 0 aliphatic heterocycles. The van der Waals surface area contributed by atoms with Crippen LogP contribution in [0.3, 0.4) is 0 Å². The molecule has 2 nitrogen and oxygen atoms in total. The molecule has 0 N–H and O–H groups in total. The molecule has 0 unspecified atom stereocenters. The van der Waals surface area contributed by atoms with Crippen molar-refractivity contribution in [2.75, 3.05) is 6.61 Å². The highest BCUT2D eigenvalue weighted by Gasteiger charge is 2.13. The maximum absolute atomic E-state index is 11.6. The zero-order valence-electron chi connectivity index (χ0n) is 12.1. The van der Waals surface area contributed by atoms with Crippen LogP contribution in [0.15, 0.2) is 48.5 Å². The van der Waals surface area contributed by atoms with Gasteiger partial charge in [0.15, 0.2) is 6.29 Å². The lowest BCUT2D eigenvalue weighted by Crippen LogP contribution is -1.99. The number of hydrogen-bond acceptors (Lipinski definition) is 2. The van der Waals surface area contributed by atoms with Crippen LogP contribution in [0.4, 0.5) is 0 Å². The lowest BCUT2D eigenvalue weighted by Gasteiger charge is -2.14. The van der Waals surface area contributed by atoms with E-state index in [4.69, 9.17) is 4.74 Å². The molecule has 0 bridgehead atoms. The fourth-order valence-corrected chi connectivity index (χ4v) is 2.72. The second kappa shape index (κ2) is 5.96. The summed E-state index contributed by atoms with van der Waals surface area (Å²) in [7, 11) is 0. The van der Waals surface area contributed by atoms with Crippen LogP contribution >= 0.6 is 0 Å². The highest BCUT2D eigenvalue weighted by Crippen LogP contribution is 2.37. The Morgan fingerprint density at radius 3 is 1.90 bits per heavy atom. The Kier molecular flexibility index (Phi) is 3.87. The van der Waals surface area contributed by atoms with E-state index in [9.17, 15) is 4.79 Å². The molecule has 0 aromatic heterocycles. The van der Waals surface area contributed by atoms with Gasteiger partial charge in [-0.1, -0.05) is 61.9 Å². The molecule has 0 aliphatic carbocycles. The molecule has 0 heterocycles. The first-order valence-corrected chi connectivity index (χ1v) is 7.38. The summed E-state index contributed by atoms with van der Waals surface area (Å²) >= 11 is 0. The van der Waals surface area contributed by atoms with Gasteiger partial charge in [0.25, 0.3) is 0 Å². The molecule has 2 heteroatoms. The van der Waals surface area contributed by atoms with Crippen LogP contribution in [-0.4, -0.2) is 12.9 Å². The monoisotopic (exact) mass is 278 g/mol. The maximum atomic E-state index is 11.6. The number of carbonyl (C=O) groups excluding carboxylic acids is 1. The third-order valence-corrected chi connectivity index (χ3v) is 3.79. The van der Waals surface area contributed by atoms with Gasteiger partial charge in [-0.25, -0.2) is 0 Å². The molecule has 3 aromatic carbocycles. The van der Waals surface area contributed by atoms with E-state index < -0.39 is 0 Å². The summed E-state index contributed by atoms with van der Waals surface area (Å²) in [6.45, 7) is 2.85. The number of ether oxygens (including phenoxy) is 1. The average Bonchev–Trinajstić information content (AvgIpc) is 2.54. The smallest absolute Gasteiger partial charge is 0.151 e. The predicted octanol–water partition coefficient (Wildman–Crippen LogP) is 4.98. The van der Waals surface area contributed by atoms with Crippen LogP contribution in [0.1, 0.15) is 30.1 Å². The van der Waals surface area contributed by atoms with Crippen molar-refractivity contribution >= 4 is 27.8 Å². The van der Waals surface area contributed by atoms with E-state index in [0.717, 1.165) is 52.0 Å². The summed E-state index contributed by atoms with van der Waals surface area (Å²) in [6, 6.07) is 15.9. The van der Waals surface area contributed by atoms with Crippen molar-refractivity contribution in [3.05, 3.63) is 54.1 Å². The van der Waals surface area contributed by atoms with Gasteiger partial charge in [0.1, 0.15) is 5.75 Å². The van der Waals surface area contributed by atoms with Gasteiger partial charge < -0.3 is 4.74 Å². The van der Waals surface area contributed by atoms with Crippen molar-refractivity contribution in [2.45, 2.75) is 19.8 Å². The molecule has 0 saturated heterocycles. The molecule has 3 aromatic rings. The maximum Gasteiger partial charge on any atom is 0.151 e.